The van der Waals surface area contributed by atoms with Gasteiger partial charge in [-0.15, -0.1) is 0 Å². The van der Waals surface area contributed by atoms with Crippen molar-refractivity contribution in [3.8, 4) is 5.69 Å². The van der Waals surface area contributed by atoms with Gasteiger partial charge < -0.3 is 0 Å². The Labute approximate surface area is 100.0 Å². The topological polar surface area (TPSA) is 41.7 Å². The molecule has 0 saturated carbocycles. The molecule has 0 bridgehead atoms. The standard InChI is InChI=1S/C10H7BrClN3/c11-9-5-8(1-2-10(9)12)15-4-3-7(13)6-14-15/h1-6,13H. The van der Waals surface area contributed by atoms with Gasteiger partial charge in [0.25, 0.3) is 0 Å². The van der Waals surface area contributed by atoms with Crippen LogP contribution >= 0.6 is 27.5 Å². The molecule has 2 rings (SSSR count). The van der Waals surface area contributed by atoms with E-state index in [1.807, 2.05) is 12.1 Å². The second kappa shape index (κ2) is 4.16. The van der Waals surface area contributed by atoms with Gasteiger partial charge in [0.2, 0.25) is 0 Å². The van der Waals surface area contributed by atoms with Crippen molar-refractivity contribution in [3.05, 3.63) is 51.5 Å². The van der Waals surface area contributed by atoms with Crippen molar-refractivity contribution in [3.63, 3.8) is 0 Å². The van der Waals surface area contributed by atoms with Gasteiger partial charge in [-0.25, -0.2) is 4.68 Å². The molecule has 0 fully saturated rings. The summed E-state index contributed by atoms with van der Waals surface area (Å²) >= 11 is 9.23. The summed E-state index contributed by atoms with van der Waals surface area (Å²) in [5.41, 5.74) is 0.895. The minimum atomic E-state index is 0.388. The molecule has 0 aliphatic heterocycles. The van der Waals surface area contributed by atoms with Crippen LogP contribution in [-0.4, -0.2) is 9.78 Å². The Morgan fingerprint density at radius 3 is 2.73 bits per heavy atom. The van der Waals surface area contributed by atoms with Crippen LogP contribution in [0.25, 0.3) is 5.69 Å². The molecule has 0 radical (unpaired) electrons. The highest BCUT2D eigenvalue weighted by Gasteiger charge is 2.00. The van der Waals surface area contributed by atoms with E-state index in [9.17, 15) is 0 Å². The molecule has 1 heterocycles. The van der Waals surface area contributed by atoms with Crippen molar-refractivity contribution in [2.75, 3.05) is 0 Å². The van der Waals surface area contributed by atoms with Crippen molar-refractivity contribution in [1.29, 1.82) is 5.41 Å². The third-order valence-corrected chi connectivity index (χ3v) is 3.10. The molecule has 1 N–H and O–H groups in total. The molecular weight excluding hydrogens is 277 g/mol. The fourth-order valence-corrected chi connectivity index (χ4v) is 1.62. The maximum absolute atomic E-state index is 7.32. The predicted octanol–water partition coefficient (Wildman–Crippen LogP) is 2.77. The molecular formula is C10H7BrClN3. The van der Waals surface area contributed by atoms with Crippen LogP contribution in [0.2, 0.25) is 5.02 Å². The minimum absolute atomic E-state index is 0.388. The number of benzene rings is 1. The lowest BCUT2D eigenvalue weighted by atomic mass is 10.3. The van der Waals surface area contributed by atoms with Crippen LogP contribution in [0.1, 0.15) is 0 Å². The number of nitrogens with zero attached hydrogens (tertiary/aromatic N) is 2. The van der Waals surface area contributed by atoms with E-state index in [1.54, 1.807) is 23.0 Å². The van der Waals surface area contributed by atoms with Gasteiger partial charge >= 0.3 is 0 Å². The lowest BCUT2D eigenvalue weighted by Gasteiger charge is -2.05. The first kappa shape index (κ1) is 10.4. The van der Waals surface area contributed by atoms with Crippen molar-refractivity contribution in [2.24, 2.45) is 0 Å². The predicted molar refractivity (Wildman–Crippen MR) is 62.1 cm³/mol. The van der Waals surface area contributed by atoms with Gasteiger partial charge in [0, 0.05) is 10.7 Å². The summed E-state index contributed by atoms with van der Waals surface area (Å²) in [6, 6.07) is 7.21. The molecule has 0 aliphatic rings. The Kier molecular flexibility index (Phi) is 2.88. The highest BCUT2D eigenvalue weighted by molar-refractivity contribution is 9.10. The van der Waals surface area contributed by atoms with E-state index in [4.69, 9.17) is 17.0 Å². The van der Waals surface area contributed by atoms with E-state index in [0.29, 0.717) is 10.4 Å². The van der Waals surface area contributed by atoms with Crippen LogP contribution in [0.4, 0.5) is 0 Å². The van der Waals surface area contributed by atoms with Crippen LogP contribution < -0.4 is 5.36 Å². The lowest BCUT2D eigenvalue weighted by molar-refractivity contribution is 0.828. The average molecular weight is 285 g/mol. The molecule has 0 atom stereocenters. The molecule has 1 aromatic heterocycles. The fourth-order valence-electron chi connectivity index (χ4n) is 1.14. The van der Waals surface area contributed by atoms with Crippen LogP contribution in [0.3, 0.4) is 0 Å². The molecule has 3 nitrogen and oxygen atoms in total. The zero-order chi connectivity index (χ0) is 10.8. The normalized spacial score (nSPS) is 10.3. The molecule has 1 aromatic carbocycles. The van der Waals surface area contributed by atoms with Crippen molar-refractivity contribution in [2.45, 2.75) is 0 Å². The van der Waals surface area contributed by atoms with Gasteiger partial charge in [0.15, 0.2) is 0 Å². The monoisotopic (exact) mass is 283 g/mol. The SMILES string of the molecule is N=c1ccn(-c2ccc(Cl)c(Br)c2)nc1. The smallest absolute Gasteiger partial charge is 0.0756 e. The van der Waals surface area contributed by atoms with Crippen molar-refractivity contribution in [1.82, 2.24) is 9.78 Å². The molecule has 0 saturated heterocycles. The Bertz CT molecular complexity index is 530. The van der Waals surface area contributed by atoms with Gasteiger partial charge in [0.05, 0.1) is 22.3 Å². The first-order chi connectivity index (χ1) is 7.16. The maximum Gasteiger partial charge on any atom is 0.0756 e. The number of halogens is 2. The van der Waals surface area contributed by atoms with E-state index in [2.05, 4.69) is 21.0 Å². The molecule has 5 heteroatoms. The van der Waals surface area contributed by atoms with Gasteiger partial charge in [-0.1, -0.05) is 11.6 Å². The van der Waals surface area contributed by atoms with E-state index >= 15 is 0 Å². The van der Waals surface area contributed by atoms with Gasteiger partial charge in [-0.3, -0.25) is 5.41 Å². The van der Waals surface area contributed by atoms with E-state index in [-0.39, 0.29) is 0 Å². The molecule has 15 heavy (non-hydrogen) atoms. The summed E-state index contributed by atoms with van der Waals surface area (Å²) in [7, 11) is 0. The van der Waals surface area contributed by atoms with Gasteiger partial charge in [-0.05, 0) is 40.2 Å². The van der Waals surface area contributed by atoms with Crippen LogP contribution in [0.5, 0.6) is 0 Å². The molecule has 0 amide bonds. The third-order valence-electron chi connectivity index (χ3n) is 1.88. The van der Waals surface area contributed by atoms with Crippen molar-refractivity contribution < 1.29 is 0 Å². The minimum Gasteiger partial charge on any atom is -0.299 e. The summed E-state index contributed by atoms with van der Waals surface area (Å²) in [6.07, 6.45) is 3.22. The quantitative estimate of drug-likeness (QED) is 0.859. The van der Waals surface area contributed by atoms with Gasteiger partial charge in [-0.2, -0.15) is 5.10 Å². The number of rotatable bonds is 1. The zero-order valence-electron chi connectivity index (χ0n) is 7.61. The maximum atomic E-state index is 7.32. The Morgan fingerprint density at radius 1 is 1.33 bits per heavy atom. The zero-order valence-corrected chi connectivity index (χ0v) is 9.96. The molecule has 0 spiro atoms. The summed E-state index contributed by atoms with van der Waals surface area (Å²) in [4.78, 5) is 0. The number of hydrogen-bond acceptors (Lipinski definition) is 2. The Balaban J connectivity index is 2.50. The molecule has 0 unspecified atom stereocenters. The lowest BCUT2D eigenvalue weighted by Crippen LogP contribution is -2.06. The summed E-state index contributed by atoms with van der Waals surface area (Å²) < 4.78 is 2.50. The summed E-state index contributed by atoms with van der Waals surface area (Å²) in [5, 5.41) is 12.5. The average Bonchev–Trinajstić information content (AvgIpc) is 2.23. The number of hydrogen-bond donors (Lipinski definition) is 1. The first-order valence-electron chi connectivity index (χ1n) is 4.22. The first-order valence-corrected chi connectivity index (χ1v) is 5.39. The summed E-state index contributed by atoms with van der Waals surface area (Å²) in [6.45, 7) is 0. The van der Waals surface area contributed by atoms with E-state index in [0.717, 1.165) is 10.2 Å². The highest BCUT2D eigenvalue weighted by Crippen LogP contribution is 2.24. The fraction of sp³-hybridized carbons (Fsp3) is 0. The second-order valence-corrected chi connectivity index (χ2v) is 4.22. The van der Waals surface area contributed by atoms with E-state index in [1.165, 1.54) is 6.20 Å². The molecule has 76 valence electrons. The second-order valence-electron chi connectivity index (χ2n) is 2.96. The number of nitrogens with one attached hydrogen (secondary N) is 1. The Morgan fingerprint density at radius 2 is 2.13 bits per heavy atom. The van der Waals surface area contributed by atoms with E-state index < -0.39 is 0 Å². The third kappa shape index (κ3) is 2.27. The number of aromatic nitrogens is 2. The Hall–Kier alpha value is -1.13. The summed E-state index contributed by atoms with van der Waals surface area (Å²) in [5.74, 6) is 0. The molecule has 0 aliphatic carbocycles. The van der Waals surface area contributed by atoms with Gasteiger partial charge in [0.1, 0.15) is 0 Å². The van der Waals surface area contributed by atoms with Crippen LogP contribution in [-0.2, 0) is 0 Å². The largest absolute Gasteiger partial charge is 0.299 e. The molecule has 2 aromatic rings. The van der Waals surface area contributed by atoms with Crippen molar-refractivity contribution >= 4 is 27.5 Å². The van der Waals surface area contributed by atoms with Crippen LogP contribution in [0.15, 0.2) is 41.1 Å². The van der Waals surface area contributed by atoms with Crippen LogP contribution in [0, 0.1) is 5.41 Å². The highest BCUT2D eigenvalue weighted by atomic mass is 79.9.